The molecule has 596 valence electrons. The van der Waals surface area contributed by atoms with Gasteiger partial charge in [0, 0.05) is 75.4 Å². The summed E-state index contributed by atoms with van der Waals surface area (Å²) in [6, 6.07) is 0. The fraction of sp³-hybridized carbons (Fsp3) is 0.897. The van der Waals surface area contributed by atoms with Gasteiger partial charge in [-0.05, 0) is 87.7 Å². The summed E-state index contributed by atoms with van der Waals surface area (Å²) in [6.07, 6.45) is 31.6. The molecule has 0 aromatic heterocycles. The maximum Gasteiger partial charge on any atom is 0.309 e. The Morgan fingerprint density at radius 2 is 0.490 bits per heavy atom. The molecular formula is C78H144N4O16S4. The topological polar surface area (TPSA) is 223 Å². The van der Waals surface area contributed by atoms with Crippen LogP contribution in [0.2, 0.25) is 0 Å². The molecule has 102 heavy (non-hydrogen) atoms. The molecule has 1 saturated heterocycles. The first-order valence-electron chi connectivity index (χ1n) is 40.0. The lowest BCUT2D eigenvalue weighted by Crippen LogP contribution is -2.47. The van der Waals surface area contributed by atoms with Crippen LogP contribution in [-0.2, 0) is 76.3 Å². The van der Waals surface area contributed by atoms with Crippen molar-refractivity contribution in [2.75, 3.05) is 177 Å². The highest BCUT2D eigenvalue weighted by Crippen LogP contribution is 2.19. The van der Waals surface area contributed by atoms with Crippen LogP contribution in [0.1, 0.15) is 248 Å². The van der Waals surface area contributed by atoms with E-state index in [1.54, 1.807) is 47.0 Å². The van der Waals surface area contributed by atoms with Crippen LogP contribution in [0.25, 0.3) is 0 Å². The van der Waals surface area contributed by atoms with E-state index in [1.807, 2.05) is 27.7 Å². The Morgan fingerprint density at radius 1 is 0.284 bits per heavy atom. The molecule has 0 N–H and O–H groups in total. The first kappa shape index (κ1) is 97.0. The Morgan fingerprint density at radius 3 is 0.716 bits per heavy atom. The summed E-state index contributed by atoms with van der Waals surface area (Å²) in [4.78, 5) is 112. The third kappa shape index (κ3) is 59.1. The van der Waals surface area contributed by atoms with Gasteiger partial charge in [-0.2, -0.15) is 47.0 Å². The smallest absolute Gasteiger partial charge is 0.309 e. The number of esters is 8. The average molecular weight is 1520 g/mol. The van der Waals surface area contributed by atoms with Crippen LogP contribution in [-0.4, -0.2) is 245 Å². The maximum atomic E-state index is 13.0. The molecule has 24 heteroatoms. The zero-order valence-corrected chi connectivity index (χ0v) is 68.5. The number of ether oxygens (including phenoxy) is 8. The minimum Gasteiger partial charge on any atom is -0.462 e. The molecule has 0 aliphatic carbocycles. The molecule has 0 bridgehead atoms. The van der Waals surface area contributed by atoms with E-state index < -0.39 is 23.9 Å². The van der Waals surface area contributed by atoms with Crippen molar-refractivity contribution in [1.82, 2.24) is 19.6 Å². The zero-order valence-electron chi connectivity index (χ0n) is 65.3. The summed E-state index contributed by atoms with van der Waals surface area (Å²) in [5.74, 6) is 3.03. The number of carbonyl (C=O) groups is 8. The van der Waals surface area contributed by atoms with Gasteiger partial charge in [-0.1, -0.05) is 184 Å². The number of rotatable bonds is 72. The number of carbonyl (C=O) groups excluding carboxylic acids is 8. The lowest BCUT2D eigenvalue weighted by atomic mass is 10.1. The lowest BCUT2D eigenvalue weighted by Gasteiger charge is -2.35. The minimum atomic E-state index is -0.415. The van der Waals surface area contributed by atoms with Crippen molar-refractivity contribution in [3.8, 4) is 0 Å². The van der Waals surface area contributed by atoms with E-state index in [0.29, 0.717) is 62.3 Å². The predicted octanol–water partition coefficient (Wildman–Crippen LogP) is 14.8. The van der Waals surface area contributed by atoms with Gasteiger partial charge in [0.25, 0.3) is 0 Å². The Kier molecular flexibility index (Phi) is 66.3. The average Bonchev–Trinajstić information content (AvgIpc) is 0.945. The molecule has 0 aromatic rings. The SMILES string of the molecule is CCCCCCCCSCC(C)C(=O)OCCOC(=O)CCN(CCCN1CCN(CCCN(CCC(=O)OCCOC(=O)C(C)CSCCCCCCCC)CCC(=O)OCCOC(=O)C(C)CSCCCCCCCC)CC1)CCC(=O)OCCOC(=O)C(C)CSCCCCCCCC. The second-order valence-electron chi connectivity index (χ2n) is 27.6. The zero-order chi connectivity index (χ0) is 74.7. The number of hydrogen-bond donors (Lipinski definition) is 0. The maximum absolute atomic E-state index is 13.0. The van der Waals surface area contributed by atoms with E-state index in [4.69, 9.17) is 37.9 Å². The van der Waals surface area contributed by atoms with Gasteiger partial charge in [-0.25, -0.2) is 0 Å². The molecular weight excluding hydrogens is 1380 g/mol. The summed E-state index contributed by atoms with van der Waals surface area (Å²) in [5, 5.41) is 0. The number of thioether (sulfide) groups is 4. The van der Waals surface area contributed by atoms with Crippen LogP contribution in [0.4, 0.5) is 0 Å². The molecule has 0 spiro atoms. The third-order valence-electron chi connectivity index (χ3n) is 17.9. The van der Waals surface area contributed by atoms with Crippen LogP contribution in [0.15, 0.2) is 0 Å². The van der Waals surface area contributed by atoms with Crippen LogP contribution >= 0.6 is 47.0 Å². The lowest BCUT2D eigenvalue weighted by molar-refractivity contribution is -0.154. The molecule has 1 aliphatic heterocycles. The fourth-order valence-corrected chi connectivity index (χ4v) is 15.5. The minimum absolute atomic E-state index is 0.00973. The van der Waals surface area contributed by atoms with E-state index in [2.05, 4.69) is 47.3 Å². The molecule has 0 saturated carbocycles. The first-order chi connectivity index (χ1) is 49.5. The van der Waals surface area contributed by atoms with Gasteiger partial charge < -0.3 is 57.5 Å². The molecule has 4 atom stereocenters. The van der Waals surface area contributed by atoms with E-state index in [1.165, 1.54) is 128 Å². The Bertz CT molecular complexity index is 1830. The predicted molar refractivity (Wildman–Crippen MR) is 421 cm³/mol. The first-order valence-corrected chi connectivity index (χ1v) is 44.6. The van der Waals surface area contributed by atoms with Crippen molar-refractivity contribution in [2.45, 2.75) is 248 Å². The van der Waals surface area contributed by atoms with E-state index in [0.717, 1.165) is 101 Å². The summed E-state index contributed by atoms with van der Waals surface area (Å²) >= 11 is 7.09. The van der Waals surface area contributed by atoms with E-state index in [9.17, 15) is 38.4 Å². The van der Waals surface area contributed by atoms with Gasteiger partial charge in [0.15, 0.2) is 0 Å². The van der Waals surface area contributed by atoms with Crippen LogP contribution in [0.5, 0.6) is 0 Å². The van der Waals surface area contributed by atoms with Gasteiger partial charge in [0.1, 0.15) is 52.9 Å². The van der Waals surface area contributed by atoms with Gasteiger partial charge >= 0.3 is 47.8 Å². The molecule has 0 radical (unpaired) electrons. The van der Waals surface area contributed by atoms with Gasteiger partial charge in [0.05, 0.1) is 49.4 Å². The largest absolute Gasteiger partial charge is 0.462 e. The van der Waals surface area contributed by atoms with Crippen LogP contribution in [0.3, 0.4) is 0 Å². The van der Waals surface area contributed by atoms with Crippen molar-refractivity contribution in [3.05, 3.63) is 0 Å². The normalized spacial score (nSPS) is 13.9. The molecule has 20 nitrogen and oxygen atoms in total. The van der Waals surface area contributed by atoms with Crippen LogP contribution < -0.4 is 0 Å². The fourth-order valence-electron chi connectivity index (χ4n) is 11.2. The second-order valence-corrected chi connectivity index (χ2v) is 32.2. The molecule has 1 aliphatic rings. The highest BCUT2D eigenvalue weighted by molar-refractivity contribution is 7.99. The Balaban J connectivity index is 2.78. The number of unbranched alkanes of at least 4 members (excludes halogenated alkanes) is 20. The molecule has 1 fully saturated rings. The third-order valence-corrected chi connectivity index (χ3v) is 23.2. The molecule has 1 heterocycles. The van der Waals surface area contributed by atoms with Crippen molar-refractivity contribution in [3.63, 3.8) is 0 Å². The quantitative estimate of drug-likeness (QED) is 0.0313. The number of nitrogens with zero attached hydrogens (tertiary/aromatic N) is 4. The van der Waals surface area contributed by atoms with Gasteiger partial charge in [-0.15, -0.1) is 0 Å². The van der Waals surface area contributed by atoms with Crippen molar-refractivity contribution in [1.29, 1.82) is 0 Å². The highest BCUT2D eigenvalue weighted by atomic mass is 32.2. The van der Waals surface area contributed by atoms with E-state index in [-0.39, 0.29) is 126 Å². The van der Waals surface area contributed by atoms with Crippen molar-refractivity contribution < 1.29 is 76.3 Å². The second kappa shape index (κ2) is 69.7. The number of hydrogen-bond acceptors (Lipinski definition) is 24. The molecule has 0 aromatic carbocycles. The van der Waals surface area contributed by atoms with E-state index >= 15 is 0 Å². The van der Waals surface area contributed by atoms with Gasteiger partial charge in [0.2, 0.25) is 0 Å². The summed E-state index contributed by atoms with van der Waals surface area (Å²) < 4.78 is 43.7. The number of piperazine rings is 1. The summed E-state index contributed by atoms with van der Waals surface area (Å²) in [7, 11) is 0. The standard InChI is InChI=1S/C78H144N4O16S4/c1-9-13-17-21-25-29-59-99-63-67(5)75(87)95-55-51-91-71(83)35-43-79(44-36-72(84)92-52-56-96-76(88)68(6)64-100-60-30-26-22-18-14-10-2)39-33-41-81-47-49-82(50-48-81)42-34-40-80(45-37-73(85)93-53-57-97-77(89)69(7)65-101-61-31-27-23-19-15-11-3)46-38-74(86)94-54-58-98-78(90)70(8)66-102-62-32-28-24-20-16-12-4/h67-70H,9-66H2,1-8H3. The van der Waals surface area contributed by atoms with Crippen molar-refractivity contribution >= 4 is 94.8 Å². The molecule has 0 amide bonds. The monoisotopic (exact) mass is 1520 g/mol. The van der Waals surface area contributed by atoms with Crippen molar-refractivity contribution in [2.24, 2.45) is 23.7 Å². The summed E-state index contributed by atoms with van der Waals surface area (Å²) in [6.45, 7) is 24.0. The Labute approximate surface area is 636 Å². The summed E-state index contributed by atoms with van der Waals surface area (Å²) in [5.41, 5.74) is 0. The highest BCUT2D eigenvalue weighted by Gasteiger charge is 2.23. The van der Waals surface area contributed by atoms with Gasteiger partial charge in [-0.3, -0.25) is 38.4 Å². The van der Waals surface area contributed by atoms with Crippen LogP contribution in [0, 0.1) is 23.7 Å². The molecule has 1 rings (SSSR count). The Hall–Kier alpha value is -3.00. The molecule has 4 unspecified atom stereocenters.